The van der Waals surface area contributed by atoms with Gasteiger partial charge in [0.25, 0.3) is 0 Å². The Labute approximate surface area is 67.2 Å². The summed E-state index contributed by atoms with van der Waals surface area (Å²) < 4.78 is 4.95. The first-order valence-electron chi connectivity index (χ1n) is 3.51. The van der Waals surface area contributed by atoms with Crippen LogP contribution < -0.4 is 0 Å². The molecule has 0 unspecified atom stereocenters. The fourth-order valence-corrected chi connectivity index (χ4v) is 0.536. The molecule has 0 spiro atoms. The van der Waals surface area contributed by atoms with Gasteiger partial charge in [-0.1, -0.05) is 18.1 Å². The molecule has 0 aliphatic heterocycles. The maximum Gasteiger partial charge on any atom is 0.120 e. The first-order valence-corrected chi connectivity index (χ1v) is 3.51. The third kappa shape index (κ3) is 8.93. The Morgan fingerprint density at radius 1 is 1.36 bits per heavy atom. The molecular weight excluding hydrogens is 140 g/mol. The molecule has 11 heavy (non-hydrogen) atoms. The highest BCUT2D eigenvalue weighted by Gasteiger charge is 1.78. The first-order chi connectivity index (χ1) is 5.41. The Morgan fingerprint density at radius 2 is 2.18 bits per heavy atom. The Morgan fingerprint density at radius 3 is 2.82 bits per heavy atom. The fourth-order valence-electron chi connectivity index (χ4n) is 0.536. The summed E-state index contributed by atoms with van der Waals surface area (Å²) in [5.41, 5.74) is 0. The second-order valence-corrected chi connectivity index (χ2v) is 1.93. The van der Waals surface area contributed by atoms with Crippen LogP contribution in [0.4, 0.5) is 0 Å². The molecule has 0 fully saturated rings. The summed E-state index contributed by atoms with van der Waals surface area (Å²) in [7, 11) is 0. The first kappa shape index (κ1) is 9.93. The van der Waals surface area contributed by atoms with Crippen molar-refractivity contribution in [2.45, 2.75) is 12.8 Å². The van der Waals surface area contributed by atoms with Crippen molar-refractivity contribution >= 4 is 6.29 Å². The molecule has 0 saturated heterocycles. The predicted molar refractivity (Wildman–Crippen MR) is 44.1 cm³/mol. The summed E-state index contributed by atoms with van der Waals surface area (Å²) in [5.74, 6) is 2.36. The van der Waals surface area contributed by atoms with Crippen molar-refractivity contribution in [1.82, 2.24) is 0 Å². The summed E-state index contributed by atoms with van der Waals surface area (Å²) in [4.78, 5) is 9.85. The molecule has 0 amide bonds. The lowest BCUT2D eigenvalue weighted by molar-refractivity contribution is -0.107. The van der Waals surface area contributed by atoms with E-state index in [0.29, 0.717) is 19.6 Å². The standard InChI is InChI=1S/C9H12O2/c1-2-8-11-9-6-4-3-5-7-10/h1,4,6-7H,3,5,8-9H2/b6-4+. The van der Waals surface area contributed by atoms with Crippen LogP contribution in [0.2, 0.25) is 0 Å². The van der Waals surface area contributed by atoms with Crippen LogP contribution in [-0.4, -0.2) is 19.5 Å². The van der Waals surface area contributed by atoms with Crippen LogP contribution in [0.3, 0.4) is 0 Å². The smallest absolute Gasteiger partial charge is 0.120 e. The highest BCUT2D eigenvalue weighted by atomic mass is 16.5. The van der Waals surface area contributed by atoms with Crippen LogP contribution in [0, 0.1) is 12.3 Å². The third-order valence-electron chi connectivity index (χ3n) is 1.02. The molecule has 0 aromatic carbocycles. The van der Waals surface area contributed by atoms with E-state index >= 15 is 0 Å². The molecular formula is C9H12O2. The third-order valence-corrected chi connectivity index (χ3v) is 1.02. The van der Waals surface area contributed by atoms with Gasteiger partial charge < -0.3 is 9.53 Å². The van der Waals surface area contributed by atoms with E-state index in [4.69, 9.17) is 11.2 Å². The number of rotatable bonds is 6. The molecule has 0 aromatic rings. The van der Waals surface area contributed by atoms with Crippen LogP contribution in [0.15, 0.2) is 12.2 Å². The summed E-state index contributed by atoms with van der Waals surface area (Å²) in [5, 5.41) is 0. The lowest BCUT2D eigenvalue weighted by Gasteiger charge is -1.91. The number of allylic oxidation sites excluding steroid dienone is 1. The van der Waals surface area contributed by atoms with Crippen molar-refractivity contribution in [3.63, 3.8) is 0 Å². The quantitative estimate of drug-likeness (QED) is 0.247. The van der Waals surface area contributed by atoms with Crippen LogP contribution in [-0.2, 0) is 9.53 Å². The van der Waals surface area contributed by atoms with Gasteiger partial charge in [-0.25, -0.2) is 0 Å². The summed E-state index contributed by atoms with van der Waals surface area (Å²) >= 11 is 0. The van der Waals surface area contributed by atoms with E-state index < -0.39 is 0 Å². The Balaban J connectivity index is 3.04. The van der Waals surface area contributed by atoms with Crippen LogP contribution in [0.1, 0.15) is 12.8 Å². The van der Waals surface area contributed by atoms with E-state index in [-0.39, 0.29) is 0 Å². The van der Waals surface area contributed by atoms with Crippen LogP contribution in [0.25, 0.3) is 0 Å². The zero-order valence-electron chi connectivity index (χ0n) is 6.45. The number of terminal acetylenes is 1. The molecule has 0 heterocycles. The second-order valence-electron chi connectivity index (χ2n) is 1.93. The maximum absolute atomic E-state index is 9.85. The van der Waals surface area contributed by atoms with Crippen molar-refractivity contribution in [1.29, 1.82) is 0 Å². The van der Waals surface area contributed by atoms with Gasteiger partial charge in [0.2, 0.25) is 0 Å². The van der Waals surface area contributed by atoms with E-state index in [1.807, 2.05) is 12.2 Å². The van der Waals surface area contributed by atoms with E-state index in [1.165, 1.54) is 0 Å². The van der Waals surface area contributed by atoms with Gasteiger partial charge >= 0.3 is 0 Å². The molecule has 0 aliphatic carbocycles. The lowest BCUT2D eigenvalue weighted by Crippen LogP contribution is -1.89. The Kier molecular flexibility index (Phi) is 8.06. The van der Waals surface area contributed by atoms with E-state index in [9.17, 15) is 4.79 Å². The molecule has 2 nitrogen and oxygen atoms in total. The second kappa shape index (κ2) is 8.93. The van der Waals surface area contributed by atoms with Gasteiger partial charge in [0.15, 0.2) is 0 Å². The van der Waals surface area contributed by atoms with E-state index in [2.05, 4.69) is 5.92 Å². The molecule has 60 valence electrons. The summed E-state index contributed by atoms with van der Waals surface area (Å²) in [6.45, 7) is 0.876. The number of unbranched alkanes of at least 4 members (excludes halogenated alkanes) is 1. The average molecular weight is 152 g/mol. The normalized spacial score (nSPS) is 9.73. The van der Waals surface area contributed by atoms with Gasteiger partial charge in [0.05, 0.1) is 6.61 Å². The van der Waals surface area contributed by atoms with Crippen molar-refractivity contribution < 1.29 is 9.53 Å². The summed E-state index contributed by atoms with van der Waals surface area (Å²) in [6.07, 6.45) is 11.0. The summed E-state index contributed by atoms with van der Waals surface area (Å²) in [6, 6.07) is 0. The van der Waals surface area contributed by atoms with Gasteiger partial charge in [-0.05, 0) is 6.42 Å². The molecule has 0 N–H and O–H groups in total. The largest absolute Gasteiger partial charge is 0.365 e. The van der Waals surface area contributed by atoms with Gasteiger partial charge in [-0.3, -0.25) is 0 Å². The van der Waals surface area contributed by atoms with Crippen LogP contribution >= 0.6 is 0 Å². The monoisotopic (exact) mass is 152 g/mol. The molecule has 0 atom stereocenters. The van der Waals surface area contributed by atoms with Gasteiger partial charge in [0.1, 0.15) is 12.9 Å². The number of aldehydes is 1. The lowest BCUT2D eigenvalue weighted by atomic mass is 10.3. The van der Waals surface area contributed by atoms with Gasteiger partial charge in [0, 0.05) is 6.42 Å². The van der Waals surface area contributed by atoms with Gasteiger partial charge in [-0.15, -0.1) is 6.42 Å². The van der Waals surface area contributed by atoms with Crippen molar-refractivity contribution in [2.24, 2.45) is 0 Å². The Bertz CT molecular complexity index is 153. The molecule has 0 aromatic heterocycles. The number of hydrogen-bond acceptors (Lipinski definition) is 2. The zero-order valence-corrected chi connectivity index (χ0v) is 6.45. The minimum absolute atomic E-state index is 0.345. The number of ether oxygens (including phenoxy) is 1. The highest BCUT2D eigenvalue weighted by Crippen LogP contribution is 1.86. The van der Waals surface area contributed by atoms with Crippen molar-refractivity contribution in [3.8, 4) is 12.3 Å². The molecule has 0 bridgehead atoms. The Hall–Kier alpha value is -1.07. The van der Waals surface area contributed by atoms with E-state index in [0.717, 1.165) is 12.7 Å². The van der Waals surface area contributed by atoms with Crippen molar-refractivity contribution in [2.75, 3.05) is 13.2 Å². The average Bonchev–Trinajstić information content (AvgIpc) is 2.03. The SMILES string of the molecule is C#CCOC/C=C/CCC=O. The van der Waals surface area contributed by atoms with Crippen molar-refractivity contribution in [3.05, 3.63) is 12.2 Å². The molecule has 2 heteroatoms. The number of carbonyl (C=O) groups is 1. The predicted octanol–water partition coefficient (Wildman–Crippen LogP) is 1.17. The van der Waals surface area contributed by atoms with Crippen LogP contribution in [0.5, 0.6) is 0 Å². The molecule has 0 saturated carbocycles. The maximum atomic E-state index is 9.85. The fraction of sp³-hybridized carbons (Fsp3) is 0.444. The highest BCUT2D eigenvalue weighted by molar-refractivity contribution is 5.49. The number of hydrogen-bond donors (Lipinski definition) is 0. The number of carbonyl (C=O) groups excluding carboxylic acids is 1. The molecule has 0 aliphatic rings. The van der Waals surface area contributed by atoms with Gasteiger partial charge in [-0.2, -0.15) is 0 Å². The molecule has 0 radical (unpaired) electrons. The molecule has 0 rings (SSSR count). The minimum atomic E-state index is 0.345. The van der Waals surface area contributed by atoms with E-state index in [1.54, 1.807) is 0 Å². The minimum Gasteiger partial charge on any atom is -0.365 e. The zero-order chi connectivity index (χ0) is 8.36. The topological polar surface area (TPSA) is 26.3 Å².